The van der Waals surface area contributed by atoms with Gasteiger partial charge >= 0.3 is 0 Å². The molecule has 48 heavy (non-hydrogen) atoms. The molecule has 11 heteroatoms. The van der Waals surface area contributed by atoms with E-state index >= 15 is 4.79 Å². The smallest absolute Gasteiger partial charge is 0.260 e. The average Bonchev–Trinajstić information content (AvgIpc) is 3.43. The van der Waals surface area contributed by atoms with Crippen LogP contribution in [-0.2, 0) is 24.6 Å². The van der Waals surface area contributed by atoms with Crippen LogP contribution in [0.2, 0.25) is 5.02 Å². The second-order valence-electron chi connectivity index (χ2n) is 13.9. The van der Waals surface area contributed by atoms with Crippen LogP contribution in [0.5, 0.6) is 11.5 Å². The largest absolute Gasteiger partial charge is 0.508 e. The van der Waals surface area contributed by atoms with Crippen molar-refractivity contribution < 1.29 is 33.4 Å². The topological polar surface area (TPSA) is 116 Å². The molecule has 3 aromatic carbocycles. The number of amides is 4. The Morgan fingerprint density at radius 1 is 0.938 bits per heavy atom. The number of benzene rings is 3. The number of hydrogen-bond acceptors (Lipinski definition) is 7. The Morgan fingerprint density at radius 3 is 2.27 bits per heavy atom. The molecule has 2 aliphatic heterocycles. The van der Waals surface area contributed by atoms with Gasteiger partial charge in [-0.15, -0.1) is 0 Å². The number of ether oxygens (including phenoxy) is 1. The third-order valence-electron chi connectivity index (χ3n) is 10.5. The molecule has 2 aliphatic carbocycles. The van der Waals surface area contributed by atoms with Gasteiger partial charge in [-0.25, -0.2) is 4.39 Å². The molecule has 2 saturated heterocycles. The number of nitrogens with one attached hydrogen (secondary N) is 1. The van der Waals surface area contributed by atoms with E-state index in [1.165, 1.54) is 42.3 Å². The molecule has 248 valence electrons. The number of imide groups is 2. The maximum atomic E-state index is 15.2. The van der Waals surface area contributed by atoms with Gasteiger partial charge in [0.25, 0.3) is 11.8 Å². The Bertz CT molecular complexity index is 1890. The number of halogens is 2. The van der Waals surface area contributed by atoms with Gasteiger partial charge < -0.3 is 9.84 Å². The van der Waals surface area contributed by atoms with E-state index in [2.05, 4.69) is 5.43 Å². The summed E-state index contributed by atoms with van der Waals surface area (Å²) in [6, 6.07) is 16.8. The van der Waals surface area contributed by atoms with Gasteiger partial charge in [-0.3, -0.25) is 29.5 Å². The lowest BCUT2D eigenvalue weighted by Crippen LogP contribution is -2.53. The van der Waals surface area contributed by atoms with E-state index < -0.39 is 58.2 Å². The van der Waals surface area contributed by atoms with Crippen molar-refractivity contribution in [2.45, 2.75) is 50.5 Å². The molecule has 4 aliphatic rings. The molecule has 2 heterocycles. The lowest BCUT2D eigenvalue weighted by molar-refractivity contribution is -0.146. The SMILES string of the molecule is COc1cccc(O)c1[C@H]1C2=CC[C@@H]3C(=O)N(C(C)(C)C)C(=O)[C@@H]3[C@@H]2C[C@H]2C(=O)N(Nc3ccc(F)cc3)C(=O)[C@@]12c1ccc(Cl)cc1. The zero-order valence-corrected chi connectivity index (χ0v) is 27.6. The zero-order chi connectivity index (χ0) is 34.3. The van der Waals surface area contributed by atoms with Crippen LogP contribution in [0, 0.1) is 29.5 Å². The van der Waals surface area contributed by atoms with Crippen LogP contribution in [0.25, 0.3) is 0 Å². The second-order valence-corrected chi connectivity index (χ2v) is 14.4. The number of carbonyl (C=O) groups excluding carboxylic acids is 4. The first-order valence-corrected chi connectivity index (χ1v) is 16.3. The van der Waals surface area contributed by atoms with Crippen LogP contribution >= 0.6 is 11.6 Å². The number of aromatic hydroxyl groups is 1. The van der Waals surface area contributed by atoms with Gasteiger partial charge in [0.15, 0.2) is 0 Å². The van der Waals surface area contributed by atoms with Crippen LogP contribution in [0.1, 0.15) is 50.7 Å². The minimum Gasteiger partial charge on any atom is -0.508 e. The van der Waals surface area contributed by atoms with Gasteiger partial charge in [0, 0.05) is 22.0 Å². The highest BCUT2D eigenvalue weighted by atomic mass is 35.5. The molecule has 4 amide bonds. The molecular formula is C37H35ClFN3O6. The minimum atomic E-state index is -1.63. The summed E-state index contributed by atoms with van der Waals surface area (Å²) >= 11 is 6.33. The predicted molar refractivity (Wildman–Crippen MR) is 175 cm³/mol. The van der Waals surface area contributed by atoms with Gasteiger partial charge in [0.1, 0.15) is 17.3 Å². The van der Waals surface area contributed by atoms with Crippen molar-refractivity contribution in [3.05, 3.63) is 100 Å². The number of carbonyl (C=O) groups is 4. The monoisotopic (exact) mass is 671 g/mol. The number of phenolic OH excluding ortho intramolecular Hbond substituents is 1. The average molecular weight is 672 g/mol. The molecule has 0 spiro atoms. The molecule has 9 nitrogen and oxygen atoms in total. The van der Waals surface area contributed by atoms with Crippen molar-refractivity contribution in [1.29, 1.82) is 0 Å². The summed E-state index contributed by atoms with van der Waals surface area (Å²) in [6.45, 7) is 5.44. The van der Waals surface area contributed by atoms with E-state index in [0.717, 1.165) is 5.01 Å². The minimum absolute atomic E-state index is 0.0885. The number of anilines is 1. The lowest BCUT2D eigenvalue weighted by Gasteiger charge is -2.50. The van der Waals surface area contributed by atoms with Crippen LogP contribution < -0.4 is 10.2 Å². The summed E-state index contributed by atoms with van der Waals surface area (Å²) in [4.78, 5) is 59.2. The molecule has 6 atom stereocenters. The van der Waals surface area contributed by atoms with Crippen molar-refractivity contribution in [2.75, 3.05) is 12.5 Å². The lowest BCUT2D eigenvalue weighted by atomic mass is 9.49. The molecule has 0 unspecified atom stereocenters. The Morgan fingerprint density at radius 2 is 1.62 bits per heavy atom. The number of hydrogen-bond donors (Lipinski definition) is 2. The maximum absolute atomic E-state index is 15.2. The fourth-order valence-corrected chi connectivity index (χ4v) is 8.76. The van der Waals surface area contributed by atoms with Crippen molar-refractivity contribution >= 4 is 40.9 Å². The normalized spacial score (nSPS) is 28.2. The molecule has 3 fully saturated rings. The van der Waals surface area contributed by atoms with Crippen LogP contribution in [0.3, 0.4) is 0 Å². The number of rotatable bonds is 5. The predicted octanol–water partition coefficient (Wildman–Crippen LogP) is 5.98. The fourth-order valence-electron chi connectivity index (χ4n) is 8.63. The number of methoxy groups -OCH3 is 1. The summed E-state index contributed by atoms with van der Waals surface area (Å²) in [5.41, 5.74) is 2.30. The summed E-state index contributed by atoms with van der Waals surface area (Å²) < 4.78 is 19.6. The Labute approximate surface area is 282 Å². The Balaban J connectivity index is 1.49. The summed E-state index contributed by atoms with van der Waals surface area (Å²) in [6.07, 6.45) is 2.26. The van der Waals surface area contributed by atoms with E-state index in [0.29, 0.717) is 33.2 Å². The summed E-state index contributed by atoms with van der Waals surface area (Å²) in [7, 11) is 1.46. The van der Waals surface area contributed by atoms with Crippen molar-refractivity contribution in [2.24, 2.45) is 23.7 Å². The number of hydrazine groups is 1. The third kappa shape index (κ3) is 4.48. The van der Waals surface area contributed by atoms with Gasteiger partial charge in [-0.2, -0.15) is 5.01 Å². The van der Waals surface area contributed by atoms with Crippen LogP contribution in [-0.4, -0.2) is 51.3 Å². The standard InChI is InChI=1S/C37H35ClFN3O6/c1-36(2,3)41-32(44)24-17-16-23-25(29(24)34(41)46)18-26-33(45)42(40-22-14-12-21(39)13-15-22)35(47)37(26,19-8-10-20(38)11-9-19)31(23)30-27(43)6-5-7-28(30)48-4/h5-16,24-26,29,31,40,43H,17-18H2,1-4H3/t24-,25+,26-,29-,31+,37+/m0/s1. The van der Waals surface area contributed by atoms with E-state index in [1.807, 2.05) is 26.8 Å². The molecular weight excluding hydrogens is 637 g/mol. The molecule has 0 radical (unpaired) electrons. The van der Waals surface area contributed by atoms with E-state index in [-0.39, 0.29) is 30.4 Å². The van der Waals surface area contributed by atoms with Gasteiger partial charge in [0.05, 0.1) is 36.0 Å². The van der Waals surface area contributed by atoms with E-state index in [4.69, 9.17) is 16.3 Å². The molecule has 0 aromatic heterocycles. The number of likely N-dealkylation sites (tertiary alicyclic amines) is 1. The van der Waals surface area contributed by atoms with Gasteiger partial charge in [-0.05, 0) is 93.6 Å². The number of fused-ring (bicyclic) bond motifs is 4. The summed E-state index contributed by atoms with van der Waals surface area (Å²) in [5, 5.41) is 13.0. The zero-order valence-electron chi connectivity index (χ0n) is 26.9. The third-order valence-corrected chi connectivity index (χ3v) is 10.7. The summed E-state index contributed by atoms with van der Waals surface area (Å²) in [5.74, 6) is -6.06. The quantitative estimate of drug-likeness (QED) is 0.253. The second kappa shape index (κ2) is 11.2. The first-order chi connectivity index (χ1) is 22.8. The fraction of sp³-hybridized carbons (Fsp3) is 0.351. The number of phenols is 1. The highest BCUT2D eigenvalue weighted by Gasteiger charge is 2.71. The molecule has 7 rings (SSSR count). The number of nitrogens with zero attached hydrogens (tertiary/aromatic N) is 2. The van der Waals surface area contributed by atoms with Crippen LogP contribution in [0.4, 0.5) is 10.1 Å². The van der Waals surface area contributed by atoms with Gasteiger partial charge in [0.2, 0.25) is 11.8 Å². The highest BCUT2D eigenvalue weighted by Crippen LogP contribution is 2.66. The van der Waals surface area contributed by atoms with Crippen LogP contribution in [0.15, 0.2) is 78.4 Å². The van der Waals surface area contributed by atoms with Gasteiger partial charge in [-0.1, -0.05) is 41.4 Å². The van der Waals surface area contributed by atoms with E-state index in [9.17, 15) is 23.9 Å². The maximum Gasteiger partial charge on any atom is 0.260 e. The Kier molecular flexibility index (Phi) is 7.43. The number of allylic oxidation sites excluding steroid dienone is 2. The van der Waals surface area contributed by atoms with Crippen molar-refractivity contribution in [1.82, 2.24) is 9.91 Å². The Hall–Kier alpha value is -4.70. The molecule has 1 saturated carbocycles. The molecule has 2 N–H and O–H groups in total. The van der Waals surface area contributed by atoms with E-state index in [1.54, 1.807) is 36.4 Å². The molecule has 0 bridgehead atoms. The van der Waals surface area contributed by atoms with Crippen molar-refractivity contribution in [3.8, 4) is 11.5 Å². The first kappa shape index (κ1) is 31.9. The first-order valence-electron chi connectivity index (χ1n) is 15.9. The molecule has 3 aromatic rings. The highest BCUT2D eigenvalue weighted by molar-refractivity contribution is 6.30. The van der Waals surface area contributed by atoms with Crippen molar-refractivity contribution in [3.63, 3.8) is 0 Å².